The van der Waals surface area contributed by atoms with Crippen molar-refractivity contribution in [2.75, 3.05) is 23.3 Å². The second-order valence-electron chi connectivity index (χ2n) is 6.35. The van der Waals surface area contributed by atoms with Gasteiger partial charge in [0.15, 0.2) is 0 Å². The normalized spacial score (nSPS) is 12.9. The van der Waals surface area contributed by atoms with Crippen LogP contribution in [0.5, 0.6) is 0 Å². The maximum atomic E-state index is 4.66. The van der Waals surface area contributed by atoms with E-state index in [0.29, 0.717) is 0 Å². The Balaban J connectivity index is 1.50. The fourth-order valence-corrected chi connectivity index (χ4v) is 3.34. The van der Waals surface area contributed by atoms with Crippen LogP contribution in [0.15, 0.2) is 60.7 Å². The van der Waals surface area contributed by atoms with Crippen LogP contribution in [0.1, 0.15) is 17.0 Å². The summed E-state index contributed by atoms with van der Waals surface area (Å²) in [5, 5.41) is 3.44. The van der Waals surface area contributed by atoms with Crippen LogP contribution in [0.25, 0.3) is 0 Å². The summed E-state index contributed by atoms with van der Waals surface area (Å²) < 4.78 is 0. The standard InChI is InChI=1S/C21H22N4/c1-16-23-20(22-13-11-17-7-3-2-4-8-17)15-21(24-16)25-14-12-18-9-5-6-10-19(18)25/h2-10,15H,11-14H2,1H3,(H,22,23,24). The first-order valence-corrected chi connectivity index (χ1v) is 8.78. The van der Waals surface area contributed by atoms with Gasteiger partial charge in [0, 0.05) is 24.8 Å². The smallest absolute Gasteiger partial charge is 0.138 e. The van der Waals surface area contributed by atoms with Crippen LogP contribution < -0.4 is 10.2 Å². The molecule has 1 N–H and O–H groups in total. The minimum absolute atomic E-state index is 0.795. The number of nitrogens with one attached hydrogen (secondary N) is 1. The molecule has 0 saturated heterocycles. The molecule has 0 fully saturated rings. The largest absolute Gasteiger partial charge is 0.370 e. The van der Waals surface area contributed by atoms with Crippen LogP contribution in [-0.2, 0) is 12.8 Å². The van der Waals surface area contributed by atoms with Gasteiger partial charge in [-0.1, -0.05) is 48.5 Å². The van der Waals surface area contributed by atoms with Crippen LogP contribution in [0, 0.1) is 6.92 Å². The van der Waals surface area contributed by atoms with Crippen molar-refractivity contribution in [3.63, 3.8) is 0 Å². The summed E-state index contributed by atoms with van der Waals surface area (Å²) in [5.74, 6) is 2.66. The van der Waals surface area contributed by atoms with Crippen molar-refractivity contribution in [2.24, 2.45) is 0 Å². The minimum Gasteiger partial charge on any atom is -0.370 e. The van der Waals surface area contributed by atoms with Crippen molar-refractivity contribution in [2.45, 2.75) is 19.8 Å². The summed E-state index contributed by atoms with van der Waals surface area (Å²) in [4.78, 5) is 11.5. The van der Waals surface area contributed by atoms with Crippen LogP contribution in [0.2, 0.25) is 0 Å². The predicted octanol–water partition coefficient (Wildman–Crippen LogP) is 4.13. The molecule has 4 nitrogen and oxygen atoms in total. The van der Waals surface area contributed by atoms with Gasteiger partial charge in [0.1, 0.15) is 17.5 Å². The molecule has 25 heavy (non-hydrogen) atoms. The lowest BCUT2D eigenvalue weighted by atomic mass is 10.1. The Morgan fingerprint density at radius 2 is 1.80 bits per heavy atom. The molecular weight excluding hydrogens is 308 g/mol. The summed E-state index contributed by atoms with van der Waals surface area (Å²) in [6, 6.07) is 21.1. The molecule has 0 amide bonds. The number of hydrogen-bond acceptors (Lipinski definition) is 4. The molecule has 0 radical (unpaired) electrons. The second kappa shape index (κ2) is 6.93. The van der Waals surface area contributed by atoms with Gasteiger partial charge in [-0.3, -0.25) is 0 Å². The van der Waals surface area contributed by atoms with E-state index in [4.69, 9.17) is 0 Å². The van der Waals surface area contributed by atoms with E-state index in [1.807, 2.05) is 13.0 Å². The molecule has 1 aliphatic rings. The van der Waals surface area contributed by atoms with E-state index < -0.39 is 0 Å². The lowest BCUT2D eigenvalue weighted by molar-refractivity contribution is 0.935. The van der Waals surface area contributed by atoms with Gasteiger partial charge in [0.2, 0.25) is 0 Å². The van der Waals surface area contributed by atoms with Crippen LogP contribution in [-0.4, -0.2) is 23.1 Å². The summed E-state index contributed by atoms with van der Waals surface area (Å²) >= 11 is 0. The highest BCUT2D eigenvalue weighted by atomic mass is 15.2. The summed E-state index contributed by atoms with van der Waals surface area (Å²) in [5.41, 5.74) is 3.97. The molecule has 0 aliphatic carbocycles. The average molecular weight is 330 g/mol. The number of hydrogen-bond donors (Lipinski definition) is 1. The monoisotopic (exact) mass is 330 g/mol. The topological polar surface area (TPSA) is 41.1 Å². The molecule has 2 aromatic carbocycles. The van der Waals surface area contributed by atoms with Crippen LogP contribution >= 0.6 is 0 Å². The molecule has 3 aromatic rings. The average Bonchev–Trinajstić information content (AvgIpc) is 3.06. The van der Waals surface area contributed by atoms with Gasteiger partial charge in [-0.05, 0) is 37.0 Å². The van der Waals surface area contributed by atoms with Gasteiger partial charge in [-0.25, -0.2) is 9.97 Å². The lowest BCUT2D eigenvalue weighted by Crippen LogP contribution is -2.16. The number of fused-ring (bicyclic) bond motifs is 1. The van der Waals surface area contributed by atoms with Crippen molar-refractivity contribution in [1.29, 1.82) is 0 Å². The van der Waals surface area contributed by atoms with Crippen molar-refractivity contribution >= 4 is 17.3 Å². The zero-order chi connectivity index (χ0) is 17.1. The number of anilines is 3. The van der Waals surface area contributed by atoms with Gasteiger partial charge in [-0.15, -0.1) is 0 Å². The van der Waals surface area contributed by atoms with Gasteiger partial charge in [0.25, 0.3) is 0 Å². The van der Waals surface area contributed by atoms with Crippen molar-refractivity contribution < 1.29 is 0 Å². The molecule has 0 unspecified atom stereocenters. The zero-order valence-electron chi connectivity index (χ0n) is 14.4. The van der Waals surface area contributed by atoms with E-state index in [9.17, 15) is 0 Å². The Hall–Kier alpha value is -2.88. The highest BCUT2D eigenvalue weighted by Gasteiger charge is 2.21. The molecule has 1 aliphatic heterocycles. The van der Waals surface area contributed by atoms with Gasteiger partial charge in [-0.2, -0.15) is 0 Å². The predicted molar refractivity (Wildman–Crippen MR) is 103 cm³/mol. The van der Waals surface area contributed by atoms with Gasteiger partial charge in [0.05, 0.1) is 0 Å². The number of aryl methyl sites for hydroxylation is 1. The van der Waals surface area contributed by atoms with Crippen LogP contribution in [0.3, 0.4) is 0 Å². The van der Waals surface area contributed by atoms with E-state index in [0.717, 1.165) is 43.4 Å². The van der Waals surface area contributed by atoms with Gasteiger partial charge >= 0.3 is 0 Å². The van der Waals surface area contributed by atoms with Gasteiger partial charge < -0.3 is 10.2 Å². The molecule has 1 aromatic heterocycles. The molecule has 2 heterocycles. The minimum atomic E-state index is 0.795. The lowest BCUT2D eigenvalue weighted by Gasteiger charge is -2.19. The summed E-state index contributed by atoms with van der Waals surface area (Å²) in [6.45, 7) is 3.78. The first-order valence-electron chi connectivity index (χ1n) is 8.78. The SMILES string of the molecule is Cc1nc(NCCc2ccccc2)cc(N2CCc3ccccc32)n1. The van der Waals surface area contributed by atoms with E-state index >= 15 is 0 Å². The fraction of sp³-hybridized carbons (Fsp3) is 0.238. The Morgan fingerprint density at radius 1 is 1.00 bits per heavy atom. The molecule has 4 heteroatoms. The molecule has 0 spiro atoms. The van der Waals surface area contributed by atoms with E-state index in [-0.39, 0.29) is 0 Å². The third-order valence-corrected chi connectivity index (χ3v) is 4.55. The Kier molecular flexibility index (Phi) is 4.34. The highest BCUT2D eigenvalue weighted by molar-refractivity contribution is 5.68. The Morgan fingerprint density at radius 3 is 2.68 bits per heavy atom. The fourth-order valence-electron chi connectivity index (χ4n) is 3.34. The molecule has 0 saturated carbocycles. The second-order valence-corrected chi connectivity index (χ2v) is 6.35. The number of aromatic nitrogens is 2. The van der Waals surface area contributed by atoms with E-state index in [1.165, 1.54) is 16.8 Å². The number of nitrogens with zero attached hydrogens (tertiary/aromatic N) is 3. The first kappa shape index (κ1) is 15.6. The van der Waals surface area contributed by atoms with Crippen molar-refractivity contribution in [3.8, 4) is 0 Å². The first-order chi connectivity index (χ1) is 12.3. The molecular formula is C21H22N4. The number of para-hydroxylation sites is 1. The molecule has 126 valence electrons. The summed E-state index contributed by atoms with van der Waals surface area (Å²) in [7, 11) is 0. The third kappa shape index (κ3) is 3.48. The van der Waals surface area contributed by atoms with Crippen LogP contribution in [0.4, 0.5) is 17.3 Å². The molecule has 4 rings (SSSR count). The highest BCUT2D eigenvalue weighted by Crippen LogP contribution is 2.33. The zero-order valence-corrected chi connectivity index (χ0v) is 14.4. The van der Waals surface area contributed by atoms with E-state index in [2.05, 4.69) is 74.8 Å². The van der Waals surface area contributed by atoms with E-state index in [1.54, 1.807) is 0 Å². The Bertz CT molecular complexity index is 861. The Labute approximate surface area is 148 Å². The summed E-state index contributed by atoms with van der Waals surface area (Å²) in [6.07, 6.45) is 2.04. The number of benzene rings is 2. The van der Waals surface area contributed by atoms with Crippen molar-refractivity contribution in [3.05, 3.63) is 77.6 Å². The maximum Gasteiger partial charge on any atom is 0.138 e. The number of rotatable bonds is 5. The maximum absolute atomic E-state index is 4.66. The quantitative estimate of drug-likeness (QED) is 0.763. The third-order valence-electron chi connectivity index (χ3n) is 4.55. The molecule has 0 atom stereocenters. The molecule has 0 bridgehead atoms. The van der Waals surface area contributed by atoms with Crippen molar-refractivity contribution in [1.82, 2.24) is 9.97 Å².